The van der Waals surface area contributed by atoms with E-state index in [0.29, 0.717) is 11.3 Å². The van der Waals surface area contributed by atoms with Crippen molar-refractivity contribution in [2.45, 2.75) is 20.8 Å². The molecule has 0 radical (unpaired) electrons. The van der Waals surface area contributed by atoms with Gasteiger partial charge in [0, 0.05) is 23.1 Å². The maximum atomic E-state index is 13.3. The molecule has 3 rings (SSSR count). The van der Waals surface area contributed by atoms with E-state index in [9.17, 15) is 14.0 Å². The van der Waals surface area contributed by atoms with E-state index < -0.39 is 11.7 Å². The van der Waals surface area contributed by atoms with Crippen molar-refractivity contribution >= 4 is 23.2 Å². The Morgan fingerprint density at radius 3 is 2.29 bits per heavy atom. The molecule has 0 atom stereocenters. The van der Waals surface area contributed by atoms with Gasteiger partial charge in [-0.3, -0.25) is 14.6 Å². The Balaban J connectivity index is 1.79. The topological polar surface area (TPSA) is 71.1 Å². The van der Waals surface area contributed by atoms with Gasteiger partial charge in [-0.2, -0.15) is 0 Å². The molecule has 0 saturated heterocycles. The summed E-state index contributed by atoms with van der Waals surface area (Å²) in [6.07, 6.45) is 1.39. The summed E-state index contributed by atoms with van der Waals surface area (Å²) >= 11 is 0. The van der Waals surface area contributed by atoms with Crippen molar-refractivity contribution in [1.82, 2.24) is 4.98 Å². The molecule has 28 heavy (non-hydrogen) atoms. The normalized spacial score (nSPS) is 10.4. The van der Waals surface area contributed by atoms with Crippen LogP contribution in [0.3, 0.4) is 0 Å². The van der Waals surface area contributed by atoms with E-state index in [1.54, 1.807) is 6.07 Å². The molecule has 5 nitrogen and oxygen atoms in total. The lowest BCUT2D eigenvalue weighted by Crippen LogP contribution is -2.17. The monoisotopic (exact) mass is 377 g/mol. The second-order valence-electron chi connectivity index (χ2n) is 6.62. The fraction of sp³-hybridized carbons (Fsp3) is 0.136. The summed E-state index contributed by atoms with van der Waals surface area (Å²) in [5.74, 6) is -1.32. The lowest BCUT2D eigenvalue weighted by Gasteiger charge is -2.13. The molecule has 1 heterocycles. The summed E-state index contributed by atoms with van der Waals surface area (Å²) in [5, 5.41) is 5.46. The molecule has 6 heteroatoms. The predicted molar refractivity (Wildman–Crippen MR) is 107 cm³/mol. The molecule has 1 aromatic heterocycles. The highest BCUT2D eigenvalue weighted by Crippen LogP contribution is 2.22. The fourth-order valence-electron chi connectivity index (χ4n) is 3.02. The minimum Gasteiger partial charge on any atom is -0.322 e. The first kappa shape index (κ1) is 19.2. The smallest absolute Gasteiger partial charge is 0.274 e. The summed E-state index contributed by atoms with van der Waals surface area (Å²) in [6.45, 7) is 5.86. The lowest BCUT2D eigenvalue weighted by atomic mass is 10.0. The third kappa shape index (κ3) is 4.40. The minimum absolute atomic E-state index is 0.0641. The highest BCUT2D eigenvalue weighted by atomic mass is 19.1. The summed E-state index contributed by atoms with van der Waals surface area (Å²) in [6, 6.07) is 12.5. The zero-order chi connectivity index (χ0) is 20.3. The largest absolute Gasteiger partial charge is 0.322 e. The van der Waals surface area contributed by atoms with Gasteiger partial charge in [0.1, 0.15) is 11.5 Å². The van der Waals surface area contributed by atoms with Gasteiger partial charge in [0.15, 0.2) is 0 Å². The van der Waals surface area contributed by atoms with Gasteiger partial charge in [0.2, 0.25) is 0 Å². The zero-order valence-electron chi connectivity index (χ0n) is 15.8. The van der Waals surface area contributed by atoms with Crippen LogP contribution < -0.4 is 10.6 Å². The molecule has 0 aliphatic heterocycles. The quantitative estimate of drug-likeness (QED) is 0.695. The number of aryl methyl sites for hydroxylation is 3. The van der Waals surface area contributed by atoms with Gasteiger partial charge in [-0.1, -0.05) is 23.8 Å². The Labute approximate surface area is 162 Å². The van der Waals surface area contributed by atoms with Crippen LogP contribution in [-0.4, -0.2) is 16.8 Å². The van der Waals surface area contributed by atoms with E-state index in [0.717, 1.165) is 22.4 Å². The van der Waals surface area contributed by atoms with Crippen molar-refractivity contribution in [2.75, 3.05) is 10.6 Å². The predicted octanol–water partition coefficient (Wildman–Crippen LogP) is 4.65. The Bertz CT molecular complexity index is 1040. The number of rotatable bonds is 4. The van der Waals surface area contributed by atoms with Gasteiger partial charge >= 0.3 is 0 Å². The first-order valence-electron chi connectivity index (χ1n) is 8.75. The number of carbonyl (C=O) groups excluding carboxylic acids is 2. The van der Waals surface area contributed by atoms with Crippen molar-refractivity contribution in [2.24, 2.45) is 0 Å². The number of halogens is 1. The molecule has 2 amide bonds. The molecule has 2 aromatic carbocycles. The van der Waals surface area contributed by atoms with Crippen LogP contribution in [0, 0.1) is 26.6 Å². The Hall–Kier alpha value is -3.54. The average molecular weight is 377 g/mol. The molecule has 0 saturated carbocycles. The van der Waals surface area contributed by atoms with Crippen LogP contribution >= 0.6 is 0 Å². The number of hydrogen-bond donors (Lipinski definition) is 2. The van der Waals surface area contributed by atoms with Crippen molar-refractivity contribution in [3.05, 3.63) is 88.5 Å². The molecular weight excluding hydrogens is 357 g/mol. The van der Waals surface area contributed by atoms with Crippen LogP contribution in [0.1, 0.15) is 37.5 Å². The molecule has 0 aliphatic carbocycles. The number of amides is 2. The number of aromatic nitrogens is 1. The molecule has 142 valence electrons. The molecule has 0 aliphatic rings. The molecule has 0 unspecified atom stereocenters. The molecule has 3 aromatic rings. The number of anilines is 2. The molecule has 0 bridgehead atoms. The summed E-state index contributed by atoms with van der Waals surface area (Å²) in [7, 11) is 0. The first-order chi connectivity index (χ1) is 13.3. The highest BCUT2D eigenvalue weighted by molar-refractivity contribution is 6.08. The van der Waals surface area contributed by atoms with Crippen LogP contribution in [0.2, 0.25) is 0 Å². The highest BCUT2D eigenvalue weighted by Gasteiger charge is 2.14. The van der Waals surface area contributed by atoms with E-state index in [1.807, 2.05) is 32.9 Å². The van der Waals surface area contributed by atoms with Gasteiger partial charge in [0.25, 0.3) is 11.8 Å². The summed E-state index contributed by atoms with van der Waals surface area (Å²) < 4.78 is 13.3. The van der Waals surface area contributed by atoms with E-state index in [-0.39, 0.29) is 11.6 Å². The van der Waals surface area contributed by atoms with Crippen LogP contribution in [0.5, 0.6) is 0 Å². The van der Waals surface area contributed by atoms with Gasteiger partial charge in [-0.25, -0.2) is 4.39 Å². The number of nitrogens with zero attached hydrogens (tertiary/aromatic N) is 1. The van der Waals surface area contributed by atoms with Crippen molar-refractivity contribution in [3.8, 4) is 0 Å². The Morgan fingerprint density at radius 2 is 1.61 bits per heavy atom. The molecule has 0 spiro atoms. The molecular formula is C22H20FN3O2. The number of nitrogens with one attached hydrogen (secondary N) is 2. The number of pyridine rings is 1. The number of hydrogen-bond acceptors (Lipinski definition) is 3. The fourth-order valence-corrected chi connectivity index (χ4v) is 3.02. The van der Waals surface area contributed by atoms with Gasteiger partial charge < -0.3 is 10.6 Å². The van der Waals surface area contributed by atoms with E-state index in [2.05, 4.69) is 15.6 Å². The number of carbonyl (C=O) groups is 2. The number of benzene rings is 2. The standard InChI is InChI=1S/C22H20FN3O2/c1-13-9-14(2)20(15(3)10-13)26-21(27)16-7-8-24-19(11-16)22(28)25-18-6-4-5-17(23)12-18/h4-12H,1-3H3,(H,25,28)(H,26,27). The second kappa shape index (κ2) is 8.00. The lowest BCUT2D eigenvalue weighted by molar-refractivity contribution is 0.102. The summed E-state index contributed by atoms with van der Waals surface area (Å²) in [5.41, 5.74) is 4.47. The molecule has 2 N–H and O–H groups in total. The van der Waals surface area contributed by atoms with Crippen molar-refractivity contribution < 1.29 is 14.0 Å². The second-order valence-corrected chi connectivity index (χ2v) is 6.62. The third-order valence-corrected chi connectivity index (χ3v) is 4.25. The van der Waals surface area contributed by atoms with Crippen LogP contribution in [-0.2, 0) is 0 Å². The third-order valence-electron chi connectivity index (χ3n) is 4.25. The summed E-state index contributed by atoms with van der Waals surface area (Å²) in [4.78, 5) is 29.0. The van der Waals surface area contributed by atoms with E-state index in [4.69, 9.17) is 0 Å². The first-order valence-corrected chi connectivity index (χ1v) is 8.75. The minimum atomic E-state index is -0.525. The van der Waals surface area contributed by atoms with E-state index >= 15 is 0 Å². The maximum absolute atomic E-state index is 13.3. The van der Waals surface area contributed by atoms with Gasteiger partial charge in [-0.15, -0.1) is 0 Å². The maximum Gasteiger partial charge on any atom is 0.274 e. The van der Waals surface area contributed by atoms with Crippen LogP contribution in [0.25, 0.3) is 0 Å². The van der Waals surface area contributed by atoms with Crippen molar-refractivity contribution in [1.29, 1.82) is 0 Å². The van der Waals surface area contributed by atoms with Crippen LogP contribution in [0.15, 0.2) is 54.7 Å². The Morgan fingerprint density at radius 1 is 0.893 bits per heavy atom. The van der Waals surface area contributed by atoms with Gasteiger partial charge in [-0.05, 0) is 62.2 Å². The average Bonchev–Trinajstić information content (AvgIpc) is 2.64. The van der Waals surface area contributed by atoms with Gasteiger partial charge in [0.05, 0.1) is 0 Å². The van der Waals surface area contributed by atoms with Crippen LogP contribution in [0.4, 0.5) is 15.8 Å². The SMILES string of the molecule is Cc1cc(C)c(NC(=O)c2ccnc(C(=O)Nc3cccc(F)c3)c2)c(C)c1. The molecule has 0 fully saturated rings. The Kier molecular flexibility index (Phi) is 5.49. The van der Waals surface area contributed by atoms with E-state index in [1.165, 1.54) is 36.5 Å². The zero-order valence-corrected chi connectivity index (χ0v) is 15.8. The van der Waals surface area contributed by atoms with Crippen molar-refractivity contribution in [3.63, 3.8) is 0 Å².